The van der Waals surface area contributed by atoms with Gasteiger partial charge in [0.05, 0.1) is 0 Å². The molecule has 0 saturated heterocycles. The number of hydrogen-bond donors (Lipinski definition) is 1. The Labute approximate surface area is 99.7 Å². The molecule has 90 valence electrons. The first-order chi connectivity index (χ1) is 8.10. The van der Waals surface area contributed by atoms with Crippen molar-refractivity contribution >= 4 is 0 Å². The van der Waals surface area contributed by atoms with Gasteiger partial charge in [0.1, 0.15) is 23.4 Å². The Balaban J connectivity index is 2.32. The highest BCUT2D eigenvalue weighted by atomic mass is 19.1. The highest BCUT2D eigenvalue weighted by Crippen LogP contribution is 2.25. The number of aliphatic hydroxyl groups excluding tert-OH is 1. The molecule has 0 aliphatic heterocycles. The lowest BCUT2D eigenvalue weighted by molar-refractivity contribution is 0.186. The van der Waals surface area contributed by atoms with Gasteiger partial charge >= 0.3 is 0 Å². The second kappa shape index (κ2) is 4.72. The smallest absolute Gasteiger partial charge is 0.137 e. The van der Waals surface area contributed by atoms with E-state index in [2.05, 4.69) is 0 Å². The molecular formula is C14H15FO2. The van der Waals surface area contributed by atoms with Crippen LogP contribution in [0.3, 0.4) is 0 Å². The van der Waals surface area contributed by atoms with Crippen LogP contribution in [0, 0.1) is 12.7 Å². The standard InChI is InChI=1S/C14H15FO2/c1-3-12-4-5-13(17-12)14(16)10-6-9(2)7-11(15)8-10/h4-8,14,16H,3H2,1-2H3. The van der Waals surface area contributed by atoms with Gasteiger partial charge in [0, 0.05) is 6.42 Å². The lowest BCUT2D eigenvalue weighted by atomic mass is 10.0. The number of rotatable bonds is 3. The van der Waals surface area contributed by atoms with Crippen molar-refractivity contribution in [2.24, 2.45) is 0 Å². The molecule has 0 radical (unpaired) electrons. The Bertz CT molecular complexity index is 496. The Morgan fingerprint density at radius 3 is 2.65 bits per heavy atom. The zero-order valence-electron chi connectivity index (χ0n) is 9.90. The van der Waals surface area contributed by atoms with Crippen molar-refractivity contribution in [3.63, 3.8) is 0 Å². The van der Waals surface area contributed by atoms with Gasteiger partial charge < -0.3 is 9.52 Å². The van der Waals surface area contributed by atoms with Gasteiger partial charge in [-0.1, -0.05) is 13.0 Å². The Morgan fingerprint density at radius 2 is 2.06 bits per heavy atom. The minimum atomic E-state index is -0.912. The van der Waals surface area contributed by atoms with Crippen LogP contribution in [-0.2, 0) is 6.42 Å². The number of hydrogen-bond acceptors (Lipinski definition) is 2. The zero-order valence-corrected chi connectivity index (χ0v) is 9.90. The van der Waals surface area contributed by atoms with E-state index in [4.69, 9.17) is 4.42 Å². The summed E-state index contributed by atoms with van der Waals surface area (Å²) in [6, 6.07) is 8.05. The van der Waals surface area contributed by atoms with Gasteiger partial charge in [0.15, 0.2) is 0 Å². The van der Waals surface area contributed by atoms with Crippen molar-refractivity contribution < 1.29 is 13.9 Å². The van der Waals surface area contributed by atoms with E-state index >= 15 is 0 Å². The van der Waals surface area contributed by atoms with Gasteiger partial charge in [-0.2, -0.15) is 0 Å². The molecule has 0 bridgehead atoms. The summed E-state index contributed by atoms with van der Waals surface area (Å²) in [7, 11) is 0. The van der Waals surface area contributed by atoms with E-state index in [-0.39, 0.29) is 5.82 Å². The van der Waals surface area contributed by atoms with Crippen molar-refractivity contribution in [1.82, 2.24) is 0 Å². The SMILES string of the molecule is CCc1ccc(C(O)c2cc(C)cc(F)c2)o1. The maximum atomic E-state index is 13.2. The summed E-state index contributed by atoms with van der Waals surface area (Å²) in [6.45, 7) is 3.76. The zero-order chi connectivity index (χ0) is 12.4. The maximum Gasteiger partial charge on any atom is 0.137 e. The summed E-state index contributed by atoms with van der Waals surface area (Å²) in [5, 5.41) is 10.1. The fourth-order valence-corrected chi connectivity index (χ4v) is 1.82. The molecule has 1 N–H and O–H groups in total. The van der Waals surface area contributed by atoms with E-state index in [9.17, 15) is 9.50 Å². The average Bonchev–Trinajstić information content (AvgIpc) is 2.75. The quantitative estimate of drug-likeness (QED) is 0.883. The summed E-state index contributed by atoms with van der Waals surface area (Å²) in [4.78, 5) is 0. The lowest BCUT2D eigenvalue weighted by Crippen LogP contribution is -1.99. The van der Waals surface area contributed by atoms with E-state index in [0.717, 1.165) is 17.7 Å². The third-order valence-corrected chi connectivity index (χ3v) is 2.68. The van der Waals surface area contributed by atoms with E-state index < -0.39 is 6.10 Å². The molecule has 0 aliphatic rings. The van der Waals surface area contributed by atoms with Gasteiger partial charge in [-0.05, 0) is 42.3 Å². The third-order valence-electron chi connectivity index (χ3n) is 2.68. The molecule has 0 amide bonds. The van der Waals surface area contributed by atoms with Gasteiger partial charge in [-0.15, -0.1) is 0 Å². The van der Waals surface area contributed by atoms with Crippen LogP contribution < -0.4 is 0 Å². The van der Waals surface area contributed by atoms with E-state index in [1.165, 1.54) is 12.1 Å². The monoisotopic (exact) mass is 234 g/mol. The molecule has 0 fully saturated rings. The molecule has 0 saturated carbocycles. The highest BCUT2D eigenvalue weighted by molar-refractivity contribution is 5.29. The number of aliphatic hydroxyl groups is 1. The molecular weight excluding hydrogens is 219 g/mol. The Kier molecular flexibility index (Phi) is 3.29. The molecule has 0 aliphatic carbocycles. The largest absolute Gasteiger partial charge is 0.463 e. The first kappa shape index (κ1) is 11.9. The summed E-state index contributed by atoms with van der Waals surface area (Å²) in [5.74, 6) is 0.917. The molecule has 1 heterocycles. The number of benzene rings is 1. The van der Waals surface area contributed by atoms with Crippen LogP contribution in [0.4, 0.5) is 4.39 Å². The first-order valence-electron chi connectivity index (χ1n) is 5.64. The molecule has 2 aromatic rings. The molecule has 3 heteroatoms. The van der Waals surface area contributed by atoms with Gasteiger partial charge in [-0.3, -0.25) is 0 Å². The van der Waals surface area contributed by atoms with Crippen molar-refractivity contribution in [2.45, 2.75) is 26.4 Å². The predicted octanol–water partition coefficient (Wildman–Crippen LogP) is 3.37. The summed E-state index contributed by atoms with van der Waals surface area (Å²) < 4.78 is 18.7. The summed E-state index contributed by atoms with van der Waals surface area (Å²) in [6.07, 6.45) is -0.140. The fourth-order valence-electron chi connectivity index (χ4n) is 1.82. The summed E-state index contributed by atoms with van der Waals surface area (Å²) >= 11 is 0. The minimum Gasteiger partial charge on any atom is -0.463 e. The van der Waals surface area contributed by atoms with Crippen LogP contribution in [0.25, 0.3) is 0 Å². The topological polar surface area (TPSA) is 33.4 Å². The Morgan fingerprint density at radius 1 is 1.29 bits per heavy atom. The number of furan rings is 1. The molecule has 0 spiro atoms. The van der Waals surface area contributed by atoms with E-state index in [1.807, 2.05) is 13.0 Å². The third kappa shape index (κ3) is 2.56. The lowest BCUT2D eigenvalue weighted by Gasteiger charge is -2.09. The van der Waals surface area contributed by atoms with Crippen LogP contribution in [0.5, 0.6) is 0 Å². The fraction of sp³-hybridized carbons (Fsp3) is 0.286. The van der Waals surface area contributed by atoms with Crippen LogP contribution in [0.1, 0.15) is 35.7 Å². The molecule has 2 rings (SSSR count). The van der Waals surface area contributed by atoms with Gasteiger partial charge in [0.2, 0.25) is 0 Å². The molecule has 17 heavy (non-hydrogen) atoms. The second-order valence-corrected chi connectivity index (χ2v) is 4.12. The number of halogens is 1. The van der Waals surface area contributed by atoms with E-state index in [1.54, 1.807) is 19.1 Å². The molecule has 2 nitrogen and oxygen atoms in total. The van der Waals surface area contributed by atoms with Crippen molar-refractivity contribution in [3.8, 4) is 0 Å². The highest BCUT2D eigenvalue weighted by Gasteiger charge is 2.15. The second-order valence-electron chi connectivity index (χ2n) is 4.12. The average molecular weight is 234 g/mol. The van der Waals surface area contributed by atoms with Gasteiger partial charge in [-0.25, -0.2) is 4.39 Å². The normalized spacial score (nSPS) is 12.7. The molecule has 1 atom stereocenters. The molecule has 1 unspecified atom stereocenters. The van der Waals surface area contributed by atoms with Crippen LogP contribution in [-0.4, -0.2) is 5.11 Å². The maximum absolute atomic E-state index is 13.2. The van der Waals surface area contributed by atoms with Crippen molar-refractivity contribution in [2.75, 3.05) is 0 Å². The van der Waals surface area contributed by atoms with E-state index in [0.29, 0.717) is 11.3 Å². The van der Waals surface area contributed by atoms with Crippen LogP contribution in [0.15, 0.2) is 34.7 Å². The number of aryl methyl sites for hydroxylation is 2. The minimum absolute atomic E-state index is 0.346. The predicted molar refractivity (Wildman–Crippen MR) is 63.3 cm³/mol. The summed E-state index contributed by atoms with van der Waals surface area (Å²) in [5.41, 5.74) is 1.29. The van der Waals surface area contributed by atoms with Crippen LogP contribution >= 0.6 is 0 Å². The van der Waals surface area contributed by atoms with Crippen molar-refractivity contribution in [3.05, 3.63) is 58.8 Å². The van der Waals surface area contributed by atoms with Crippen molar-refractivity contribution in [1.29, 1.82) is 0 Å². The van der Waals surface area contributed by atoms with Crippen LogP contribution in [0.2, 0.25) is 0 Å². The Hall–Kier alpha value is -1.61. The van der Waals surface area contributed by atoms with Gasteiger partial charge in [0.25, 0.3) is 0 Å². The molecule has 1 aromatic carbocycles. The molecule has 1 aromatic heterocycles. The first-order valence-corrected chi connectivity index (χ1v) is 5.64.